The first-order chi connectivity index (χ1) is 10.8. The highest BCUT2D eigenvalue weighted by Crippen LogP contribution is 2.41. The summed E-state index contributed by atoms with van der Waals surface area (Å²) in [6.45, 7) is 10.8. The summed E-state index contributed by atoms with van der Waals surface area (Å²) in [5.41, 5.74) is 9.76. The molecule has 1 saturated heterocycles. The van der Waals surface area contributed by atoms with Crippen molar-refractivity contribution in [3.05, 3.63) is 46.3 Å². The van der Waals surface area contributed by atoms with Crippen LogP contribution in [0.2, 0.25) is 0 Å². The van der Waals surface area contributed by atoms with Gasteiger partial charge in [-0.25, -0.2) is 0 Å². The van der Waals surface area contributed by atoms with Crippen molar-refractivity contribution in [3.63, 3.8) is 0 Å². The molecule has 2 atom stereocenters. The molecular weight excluding hydrogens is 288 g/mol. The zero-order valence-electron chi connectivity index (χ0n) is 14.9. The summed E-state index contributed by atoms with van der Waals surface area (Å²) in [5, 5.41) is 6.02. The lowest BCUT2D eigenvalue weighted by Gasteiger charge is -2.52. The average Bonchev–Trinajstić information content (AvgIpc) is 2.47. The van der Waals surface area contributed by atoms with Crippen LogP contribution in [-0.2, 0) is 4.84 Å². The molecule has 126 valence electrons. The highest BCUT2D eigenvalue weighted by atomic mass is 16.7. The molecule has 0 spiro atoms. The van der Waals surface area contributed by atoms with Gasteiger partial charge in [0, 0.05) is 16.0 Å². The molecule has 1 aliphatic heterocycles. The van der Waals surface area contributed by atoms with Gasteiger partial charge in [-0.3, -0.25) is 4.84 Å². The molecule has 0 bridgehead atoms. The molecule has 1 aromatic carbocycles. The van der Waals surface area contributed by atoms with Gasteiger partial charge in [0.1, 0.15) is 6.10 Å². The highest BCUT2D eigenvalue weighted by Gasteiger charge is 2.44. The van der Waals surface area contributed by atoms with Crippen molar-refractivity contribution in [2.75, 3.05) is 0 Å². The predicted molar refractivity (Wildman–Crippen MR) is 92.7 cm³/mol. The smallest absolute Gasteiger partial charge is 0.112 e. The van der Waals surface area contributed by atoms with E-state index in [9.17, 15) is 0 Å². The molecule has 1 fully saturated rings. The molecule has 0 unspecified atom stereocenters. The van der Waals surface area contributed by atoms with E-state index in [4.69, 9.17) is 10.4 Å². The number of benzene rings is 1. The van der Waals surface area contributed by atoms with E-state index < -0.39 is 0 Å². The van der Waals surface area contributed by atoms with Crippen LogP contribution in [0.5, 0.6) is 0 Å². The fraction of sp³-hybridized carbons (Fsp3) is 0.667. The first-order valence-electron chi connectivity index (χ1n) is 8.34. The molecular formula is C18H28N4O. The van der Waals surface area contributed by atoms with Crippen molar-refractivity contribution in [2.45, 2.75) is 77.1 Å². The maximum Gasteiger partial charge on any atom is 0.112 e. The summed E-state index contributed by atoms with van der Waals surface area (Å²) in [6, 6.07) is 9.72. The molecule has 0 aromatic heterocycles. The molecule has 23 heavy (non-hydrogen) atoms. The van der Waals surface area contributed by atoms with E-state index >= 15 is 0 Å². The van der Waals surface area contributed by atoms with E-state index in [1.807, 2.05) is 37.3 Å². The van der Waals surface area contributed by atoms with Crippen LogP contribution in [0.3, 0.4) is 0 Å². The Kier molecular flexibility index (Phi) is 5.35. The van der Waals surface area contributed by atoms with Crippen LogP contribution in [0.1, 0.15) is 65.5 Å². The standard InChI is InChI=1S/C18H28N4O/c1-14(20-21-19)16(15-10-7-6-8-11-15)23-22-17(2,3)12-9-13-18(22,4)5/h6-8,10-11,14,16H,9,12-13H2,1-5H3/t14-,16+/m1/s1. The second kappa shape index (κ2) is 6.91. The summed E-state index contributed by atoms with van der Waals surface area (Å²) in [7, 11) is 0. The van der Waals surface area contributed by atoms with Crippen LogP contribution < -0.4 is 0 Å². The third kappa shape index (κ3) is 4.05. The minimum absolute atomic E-state index is 0.0507. The molecule has 5 heteroatoms. The van der Waals surface area contributed by atoms with E-state index in [-0.39, 0.29) is 23.2 Å². The van der Waals surface area contributed by atoms with Crippen LogP contribution in [0.4, 0.5) is 0 Å². The second-order valence-electron chi connectivity index (χ2n) is 7.66. The summed E-state index contributed by atoms with van der Waals surface area (Å²) < 4.78 is 0. The van der Waals surface area contributed by atoms with Gasteiger partial charge < -0.3 is 0 Å². The fourth-order valence-electron chi connectivity index (χ4n) is 3.59. The zero-order valence-corrected chi connectivity index (χ0v) is 14.9. The Morgan fingerprint density at radius 2 is 1.70 bits per heavy atom. The molecule has 5 nitrogen and oxygen atoms in total. The van der Waals surface area contributed by atoms with Crippen molar-refractivity contribution in [1.82, 2.24) is 5.06 Å². The Morgan fingerprint density at radius 3 is 2.22 bits per heavy atom. The highest BCUT2D eigenvalue weighted by molar-refractivity contribution is 5.19. The monoisotopic (exact) mass is 316 g/mol. The number of hydrogen-bond donors (Lipinski definition) is 0. The number of rotatable bonds is 5. The Balaban J connectivity index is 2.34. The van der Waals surface area contributed by atoms with Gasteiger partial charge in [0.2, 0.25) is 0 Å². The fourth-order valence-corrected chi connectivity index (χ4v) is 3.59. The first-order valence-corrected chi connectivity index (χ1v) is 8.34. The molecule has 0 aliphatic carbocycles. The molecule has 0 N–H and O–H groups in total. The number of piperidine rings is 1. The van der Waals surface area contributed by atoms with Crippen LogP contribution in [0.25, 0.3) is 10.4 Å². The maximum atomic E-state index is 8.83. The van der Waals surface area contributed by atoms with Gasteiger partial charge in [0.05, 0.1) is 6.04 Å². The quantitative estimate of drug-likeness (QED) is 0.415. The lowest BCUT2D eigenvalue weighted by molar-refractivity contribution is -0.309. The van der Waals surface area contributed by atoms with E-state index in [0.29, 0.717) is 0 Å². The van der Waals surface area contributed by atoms with Gasteiger partial charge in [-0.15, -0.1) is 0 Å². The molecule has 1 heterocycles. The maximum absolute atomic E-state index is 8.83. The normalized spacial score (nSPS) is 22.8. The second-order valence-corrected chi connectivity index (χ2v) is 7.66. The summed E-state index contributed by atoms with van der Waals surface area (Å²) >= 11 is 0. The molecule has 2 rings (SSSR count). The van der Waals surface area contributed by atoms with Gasteiger partial charge >= 0.3 is 0 Å². The summed E-state index contributed by atoms with van der Waals surface area (Å²) in [5.74, 6) is 0. The average molecular weight is 316 g/mol. The van der Waals surface area contributed by atoms with E-state index in [1.165, 1.54) is 6.42 Å². The summed E-state index contributed by atoms with van der Waals surface area (Å²) in [4.78, 5) is 9.47. The molecule has 0 amide bonds. The van der Waals surface area contributed by atoms with Crippen molar-refractivity contribution in [1.29, 1.82) is 0 Å². The van der Waals surface area contributed by atoms with Gasteiger partial charge in [-0.05, 0) is 58.1 Å². The molecule has 0 radical (unpaired) electrons. The van der Waals surface area contributed by atoms with Gasteiger partial charge in [0.15, 0.2) is 0 Å². The van der Waals surface area contributed by atoms with Crippen LogP contribution in [0.15, 0.2) is 35.4 Å². The Labute approximate surface area is 139 Å². The SMILES string of the molecule is C[C@@H](N=[N+]=[N-])[C@H](ON1C(C)(C)CCCC1(C)C)c1ccccc1. The third-order valence-electron chi connectivity index (χ3n) is 4.70. The van der Waals surface area contributed by atoms with Gasteiger partial charge in [-0.2, -0.15) is 5.06 Å². The molecule has 0 saturated carbocycles. The van der Waals surface area contributed by atoms with Crippen molar-refractivity contribution >= 4 is 0 Å². The number of nitrogens with zero attached hydrogens (tertiary/aromatic N) is 4. The zero-order chi connectivity index (χ0) is 17.1. The topological polar surface area (TPSA) is 61.2 Å². The van der Waals surface area contributed by atoms with Gasteiger partial charge in [-0.1, -0.05) is 42.4 Å². The van der Waals surface area contributed by atoms with Crippen molar-refractivity contribution in [3.8, 4) is 0 Å². The van der Waals surface area contributed by atoms with Crippen LogP contribution in [0, 0.1) is 0 Å². The van der Waals surface area contributed by atoms with Crippen molar-refractivity contribution < 1.29 is 4.84 Å². The largest absolute Gasteiger partial charge is 0.289 e. The molecule has 1 aliphatic rings. The van der Waals surface area contributed by atoms with E-state index in [1.54, 1.807) is 0 Å². The van der Waals surface area contributed by atoms with E-state index in [0.717, 1.165) is 18.4 Å². The van der Waals surface area contributed by atoms with Crippen molar-refractivity contribution in [2.24, 2.45) is 5.11 Å². The van der Waals surface area contributed by atoms with Crippen LogP contribution in [-0.4, -0.2) is 22.2 Å². The summed E-state index contributed by atoms with van der Waals surface area (Å²) in [6.07, 6.45) is 3.09. The predicted octanol–water partition coefficient (Wildman–Crippen LogP) is 5.40. The molecule has 1 aromatic rings. The lowest BCUT2D eigenvalue weighted by Crippen LogP contribution is -2.58. The number of hydroxylamine groups is 2. The first kappa shape index (κ1) is 17.8. The van der Waals surface area contributed by atoms with Gasteiger partial charge in [0.25, 0.3) is 0 Å². The third-order valence-corrected chi connectivity index (χ3v) is 4.70. The Hall–Kier alpha value is -1.55. The number of azide groups is 1. The lowest BCUT2D eigenvalue weighted by atomic mass is 9.82. The minimum atomic E-state index is -0.288. The number of hydrogen-bond acceptors (Lipinski definition) is 3. The van der Waals surface area contributed by atoms with Crippen LogP contribution >= 0.6 is 0 Å². The minimum Gasteiger partial charge on any atom is -0.289 e. The van der Waals surface area contributed by atoms with E-state index in [2.05, 4.69) is 42.8 Å². The Morgan fingerprint density at radius 1 is 1.13 bits per heavy atom. The Bertz CT molecular complexity index is 548.